The Kier molecular flexibility index (Phi) is 3.29. The third kappa shape index (κ3) is 2.56. The number of nitrogens with two attached hydrogens (primary N) is 1. The van der Waals surface area contributed by atoms with Crippen LogP contribution < -0.4 is 10.5 Å². The quantitative estimate of drug-likeness (QED) is 0.875. The maximum atomic E-state index is 13.2. The van der Waals surface area contributed by atoms with Gasteiger partial charge in [0, 0.05) is 0 Å². The van der Waals surface area contributed by atoms with Crippen molar-refractivity contribution in [2.75, 3.05) is 0 Å². The lowest BCUT2D eigenvalue weighted by Crippen LogP contribution is -2.01. The van der Waals surface area contributed by atoms with E-state index in [1.54, 1.807) is 0 Å². The van der Waals surface area contributed by atoms with Crippen LogP contribution in [0.1, 0.15) is 11.7 Å². The molecule has 0 bridgehead atoms. The minimum atomic E-state index is -1.05. The molecule has 7 heteroatoms. The molecule has 0 radical (unpaired) electrons. The fourth-order valence-electron chi connectivity index (χ4n) is 1.17. The van der Waals surface area contributed by atoms with Crippen molar-refractivity contribution in [3.05, 3.63) is 41.5 Å². The zero-order valence-electron chi connectivity index (χ0n) is 8.69. The van der Waals surface area contributed by atoms with Gasteiger partial charge in [0.1, 0.15) is 0 Å². The van der Waals surface area contributed by atoms with Gasteiger partial charge in [-0.15, -0.1) is 0 Å². The third-order valence-corrected chi connectivity index (χ3v) is 1.96. The summed E-state index contributed by atoms with van der Waals surface area (Å²) >= 11 is 0. The molecule has 5 nitrogen and oxygen atoms in total. The Hall–Kier alpha value is -2.02. The van der Waals surface area contributed by atoms with Crippen LogP contribution in [-0.2, 0) is 13.2 Å². The Morgan fingerprint density at radius 3 is 2.88 bits per heavy atom. The van der Waals surface area contributed by atoms with E-state index in [9.17, 15) is 8.78 Å². The van der Waals surface area contributed by atoms with Crippen molar-refractivity contribution in [1.29, 1.82) is 0 Å². The summed E-state index contributed by atoms with van der Waals surface area (Å²) in [5.41, 5.74) is 5.27. The highest BCUT2D eigenvalue weighted by atomic mass is 19.2. The minimum Gasteiger partial charge on any atom is -0.482 e. The second-order valence-corrected chi connectivity index (χ2v) is 3.15. The van der Waals surface area contributed by atoms with Gasteiger partial charge in [0.15, 0.2) is 18.2 Å². The van der Waals surface area contributed by atoms with E-state index in [4.69, 9.17) is 15.0 Å². The molecule has 0 aliphatic rings. The Labute approximate surface area is 95.2 Å². The molecule has 0 saturated heterocycles. The highest BCUT2D eigenvalue weighted by Gasteiger charge is 2.10. The fraction of sp³-hybridized carbons (Fsp3) is 0.200. The van der Waals surface area contributed by atoms with Crippen LogP contribution in [-0.4, -0.2) is 10.1 Å². The van der Waals surface area contributed by atoms with Crippen LogP contribution in [0.2, 0.25) is 0 Å². The van der Waals surface area contributed by atoms with Gasteiger partial charge in [-0.3, -0.25) is 0 Å². The first-order chi connectivity index (χ1) is 8.20. The first kappa shape index (κ1) is 11.5. The van der Waals surface area contributed by atoms with Crippen LogP contribution in [0.3, 0.4) is 0 Å². The molecule has 0 spiro atoms. The topological polar surface area (TPSA) is 74.2 Å². The molecule has 17 heavy (non-hydrogen) atoms. The number of hydrogen-bond acceptors (Lipinski definition) is 5. The number of halogens is 2. The first-order valence-electron chi connectivity index (χ1n) is 4.79. The largest absolute Gasteiger partial charge is 0.482 e. The lowest BCUT2D eigenvalue weighted by atomic mass is 10.3. The van der Waals surface area contributed by atoms with E-state index in [0.29, 0.717) is 0 Å². The molecule has 0 aliphatic heterocycles. The number of hydrogen-bond donors (Lipinski definition) is 1. The first-order valence-corrected chi connectivity index (χ1v) is 4.79. The summed E-state index contributed by atoms with van der Waals surface area (Å²) in [7, 11) is 0. The van der Waals surface area contributed by atoms with Crippen molar-refractivity contribution in [3.63, 3.8) is 0 Å². The van der Waals surface area contributed by atoms with Crippen LogP contribution >= 0.6 is 0 Å². The molecule has 90 valence electrons. The second-order valence-electron chi connectivity index (χ2n) is 3.15. The molecule has 1 heterocycles. The van der Waals surface area contributed by atoms with Gasteiger partial charge in [-0.1, -0.05) is 11.2 Å². The Bertz CT molecular complexity index is 516. The third-order valence-electron chi connectivity index (χ3n) is 1.96. The van der Waals surface area contributed by atoms with E-state index in [0.717, 1.165) is 6.07 Å². The van der Waals surface area contributed by atoms with E-state index in [-0.39, 0.29) is 30.6 Å². The Morgan fingerprint density at radius 1 is 1.35 bits per heavy atom. The van der Waals surface area contributed by atoms with Crippen molar-refractivity contribution >= 4 is 0 Å². The highest BCUT2D eigenvalue weighted by molar-refractivity contribution is 5.25. The smallest absolute Gasteiger partial charge is 0.240 e. The minimum absolute atomic E-state index is 0.112. The van der Waals surface area contributed by atoms with E-state index in [1.165, 1.54) is 12.1 Å². The molecule has 2 aromatic rings. The van der Waals surface area contributed by atoms with E-state index in [2.05, 4.69) is 10.1 Å². The summed E-state index contributed by atoms with van der Waals surface area (Å²) in [6.07, 6.45) is 0. The molecular formula is C10H9F2N3O2. The highest BCUT2D eigenvalue weighted by Crippen LogP contribution is 2.19. The predicted molar refractivity (Wildman–Crippen MR) is 52.9 cm³/mol. The molecule has 0 saturated carbocycles. The molecule has 0 aliphatic carbocycles. The van der Waals surface area contributed by atoms with Crippen molar-refractivity contribution in [3.8, 4) is 5.75 Å². The summed E-state index contributed by atoms with van der Waals surface area (Å²) in [5, 5.41) is 3.55. The molecule has 2 N–H and O–H groups in total. The summed E-state index contributed by atoms with van der Waals surface area (Å²) in [5.74, 6) is -1.75. The van der Waals surface area contributed by atoms with E-state index < -0.39 is 11.6 Å². The second kappa shape index (κ2) is 4.88. The van der Waals surface area contributed by atoms with Gasteiger partial charge < -0.3 is 15.0 Å². The van der Waals surface area contributed by atoms with Crippen molar-refractivity contribution in [1.82, 2.24) is 10.1 Å². The molecule has 0 unspecified atom stereocenters. The van der Waals surface area contributed by atoms with Gasteiger partial charge >= 0.3 is 0 Å². The monoisotopic (exact) mass is 241 g/mol. The fourth-order valence-corrected chi connectivity index (χ4v) is 1.17. The normalized spacial score (nSPS) is 10.5. The maximum absolute atomic E-state index is 13.2. The molecule has 1 aromatic carbocycles. The van der Waals surface area contributed by atoms with Gasteiger partial charge in [-0.25, -0.2) is 4.39 Å². The zero-order valence-corrected chi connectivity index (χ0v) is 8.69. The molecular weight excluding hydrogens is 232 g/mol. The molecule has 0 atom stereocenters. The SMILES string of the molecule is NCc1nc(COc2cccc(F)c2F)no1. The summed E-state index contributed by atoms with van der Waals surface area (Å²) in [6, 6.07) is 3.65. The summed E-state index contributed by atoms with van der Waals surface area (Å²) in [4.78, 5) is 3.85. The van der Waals surface area contributed by atoms with Crippen LogP contribution in [0.15, 0.2) is 22.7 Å². The summed E-state index contributed by atoms with van der Waals surface area (Å²) in [6.45, 7) is -0.00873. The van der Waals surface area contributed by atoms with E-state index >= 15 is 0 Å². The van der Waals surface area contributed by atoms with Gasteiger partial charge in [0.05, 0.1) is 6.54 Å². The van der Waals surface area contributed by atoms with Gasteiger partial charge in [-0.05, 0) is 12.1 Å². The molecule has 0 fully saturated rings. The molecule has 1 aromatic heterocycles. The molecule has 0 amide bonds. The number of rotatable bonds is 4. The standard InChI is InChI=1S/C10H9F2N3O2/c11-6-2-1-3-7(10(6)12)16-5-8-14-9(4-13)17-15-8/h1-3H,4-5,13H2. The number of ether oxygens (including phenoxy) is 1. The lowest BCUT2D eigenvalue weighted by Gasteiger charge is -2.04. The van der Waals surface area contributed by atoms with Crippen molar-refractivity contribution < 1.29 is 18.0 Å². The van der Waals surface area contributed by atoms with Crippen LogP contribution in [0.4, 0.5) is 8.78 Å². The number of aromatic nitrogens is 2. The maximum Gasteiger partial charge on any atom is 0.240 e. The summed E-state index contributed by atoms with van der Waals surface area (Å²) < 4.78 is 35.8. The van der Waals surface area contributed by atoms with Crippen molar-refractivity contribution in [2.45, 2.75) is 13.2 Å². The average molecular weight is 241 g/mol. The predicted octanol–water partition coefficient (Wildman–Crippen LogP) is 1.39. The van der Waals surface area contributed by atoms with Crippen molar-refractivity contribution in [2.24, 2.45) is 5.73 Å². The van der Waals surface area contributed by atoms with Crippen LogP contribution in [0.25, 0.3) is 0 Å². The Balaban J connectivity index is 2.04. The number of nitrogens with zero attached hydrogens (tertiary/aromatic N) is 2. The average Bonchev–Trinajstić information content (AvgIpc) is 2.79. The number of benzene rings is 1. The molecule has 2 rings (SSSR count). The van der Waals surface area contributed by atoms with Crippen LogP contribution in [0, 0.1) is 11.6 Å². The zero-order chi connectivity index (χ0) is 12.3. The lowest BCUT2D eigenvalue weighted by molar-refractivity contribution is 0.268. The van der Waals surface area contributed by atoms with Gasteiger partial charge in [0.2, 0.25) is 17.5 Å². The van der Waals surface area contributed by atoms with Gasteiger partial charge in [0.25, 0.3) is 0 Å². The van der Waals surface area contributed by atoms with E-state index in [1.807, 2.05) is 0 Å². The Morgan fingerprint density at radius 2 is 2.18 bits per heavy atom. The van der Waals surface area contributed by atoms with Crippen LogP contribution in [0.5, 0.6) is 5.75 Å². The van der Waals surface area contributed by atoms with Gasteiger partial charge in [-0.2, -0.15) is 9.37 Å².